The number of benzene rings is 1. The lowest BCUT2D eigenvalue weighted by molar-refractivity contribution is -0.0397. The highest BCUT2D eigenvalue weighted by Gasteiger charge is 2.56. The molecule has 0 radical (unpaired) electrons. The Balaban J connectivity index is 1.31. The maximum atomic E-state index is 10.9. The third kappa shape index (κ3) is 6.33. The molecule has 36 heavy (non-hydrogen) atoms. The Hall–Kier alpha value is -1.02. The summed E-state index contributed by atoms with van der Waals surface area (Å²) in [5.41, 5.74) is 3.03. The van der Waals surface area contributed by atoms with Crippen LogP contribution >= 0.6 is 0 Å². The van der Waals surface area contributed by atoms with Gasteiger partial charge in [-0.1, -0.05) is 92.1 Å². The summed E-state index contributed by atoms with van der Waals surface area (Å²) < 4.78 is 0. The Morgan fingerprint density at radius 2 is 1.56 bits per heavy atom. The molecule has 204 valence electrons. The van der Waals surface area contributed by atoms with Crippen molar-refractivity contribution in [3.05, 3.63) is 29.3 Å². The van der Waals surface area contributed by atoms with Gasteiger partial charge in [-0.3, -0.25) is 0 Å². The molecule has 0 heterocycles. The van der Waals surface area contributed by atoms with Crippen molar-refractivity contribution in [3.8, 4) is 5.75 Å². The average molecular weight is 497 g/mol. The van der Waals surface area contributed by atoms with Crippen LogP contribution in [0.4, 0.5) is 0 Å². The van der Waals surface area contributed by atoms with E-state index in [0.29, 0.717) is 29.4 Å². The first kappa shape index (κ1) is 28.0. The molecule has 2 fully saturated rings. The number of fused-ring (bicyclic) bond motifs is 5. The largest absolute Gasteiger partial charge is 0.508 e. The van der Waals surface area contributed by atoms with Crippen molar-refractivity contribution < 1.29 is 10.2 Å². The van der Waals surface area contributed by atoms with E-state index >= 15 is 0 Å². The quantitative estimate of drug-likeness (QED) is 0.303. The van der Waals surface area contributed by atoms with Crippen LogP contribution in [0.1, 0.15) is 135 Å². The molecule has 0 amide bonds. The van der Waals surface area contributed by atoms with Crippen molar-refractivity contribution >= 4 is 0 Å². The van der Waals surface area contributed by atoms with Crippen LogP contribution < -0.4 is 0 Å². The molecule has 1 aromatic rings. The van der Waals surface area contributed by atoms with Crippen molar-refractivity contribution in [2.75, 3.05) is 0 Å². The molecule has 0 bridgehead atoms. The second-order valence-electron chi connectivity index (χ2n) is 14.2. The van der Waals surface area contributed by atoms with Crippen LogP contribution in [-0.2, 0) is 6.42 Å². The number of aliphatic hydroxyl groups excluding tert-OH is 1. The maximum absolute atomic E-state index is 10.9. The van der Waals surface area contributed by atoms with Crippen molar-refractivity contribution in [3.63, 3.8) is 0 Å². The lowest BCUT2D eigenvalue weighted by Gasteiger charge is -2.53. The fourth-order valence-electron chi connectivity index (χ4n) is 8.74. The molecule has 2 heteroatoms. The summed E-state index contributed by atoms with van der Waals surface area (Å²) in [6, 6.07) is 6.18. The van der Waals surface area contributed by atoms with Crippen molar-refractivity contribution in [2.24, 2.45) is 40.9 Å². The summed E-state index contributed by atoms with van der Waals surface area (Å²) in [7, 11) is 0. The standard InChI is InChI=1S/C34H56O2/c1-23(2)9-6-10-24(3)11-7-12-25(4)13-8-14-26-21-27-22-28(35)15-16-29(27)30-19-20-34(5)31(33(26)30)17-18-32(34)36/h15-16,22-26,30-33,35-36H,6-14,17-21H2,1-5H3/t24-,25-,26+,30?,31?,32-,33?,34-/m0/s1. The first-order valence-corrected chi connectivity index (χ1v) is 15.7. The van der Waals surface area contributed by atoms with E-state index in [1.165, 1.54) is 81.8 Å². The highest BCUT2D eigenvalue weighted by atomic mass is 16.3. The number of rotatable bonds is 12. The minimum absolute atomic E-state index is 0.113. The second kappa shape index (κ2) is 12.2. The van der Waals surface area contributed by atoms with Crippen LogP contribution in [0.15, 0.2) is 18.2 Å². The van der Waals surface area contributed by atoms with Crippen LogP contribution in [0.5, 0.6) is 5.75 Å². The zero-order valence-corrected chi connectivity index (χ0v) is 24.1. The van der Waals surface area contributed by atoms with Gasteiger partial charge in [-0.15, -0.1) is 0 Å². The summed E-state index contributed by atoms with van der Waals surface area (Å²) in [5.74, 6) is 5.67. The Morgan fingerprint density at radius 3 is 2.25 bits per heavy atom. The first-order valence-electron chi connectivity index (χ1n) is 15.7. The molecule has 0 aliphatic heterocycles. The molecule has 3 unspecified atom stereocenters. The smallest absolute Gasteiger partial charge is 0.115 e. The number of aromatic hydroxyl groups is 1. The molecule has 0 saturated heterocycles. The van der Waals surface area contributed by atoms with Gasteiger partial charge in [-0.25, -0.2) is 0 Å². The fourth-order valence-corrected chi connectivity index (χ4v) is 8.74. The molecule has 1 aromatic carbocycles. The topological polar surface area (TPSA) is 40.5 Å². The maximum Gasteiger partial charge on any atom is 0.115 e. The van der Waals surface area contributed by atoms with Crippen LogP contribution in [0, 0.1) is 40.9 Å². The third-order valence-electron chi connectivity index (χ3n) is 11.0. The summed E-state index contributed by atoms with van der Waals surface area (Å²) in [6.07, 6.45) is 17.9. The molecular formula is C34H56O2. The third-order valence-corrected chi connectivity index (χ3v) is 11.0. The number of phenolic OH excluding ortho intramolecular Hbond substituents is 1. The van der Waals surface area contributed by atoms with Gasteiger partial charge in [0.1, 0.15) is 5.75 Å². The minimum Gasteiger partial charge on any atom is -0.508 e. The molecule has 2 saturated carbocycles. The first-order chi connectivity index (χ1) is 17.2. The molecule has 8 atom stereocenters. The van der Waals surface area contributed by atoms with Crippen molar-refractivity contribution in [1.82, 2.24) is 0 Å². The van der Waals surface area contributed by atoms with E-state index in [-0.39, 0.29) is 11.5 Å². The lowest BCUT2D eigenvalue weighted by Crippen LogP contribution is -2.47. The molecule has 3 aliphatic carbocycles. The number of aliphatic hydroxyl groups is 1. The Morgan fingerprint density at radius 1 is 0.889 bits per heavy atom. The highest BCUT2D eigenvalue weighted by Crippen LogP contribution is 2.62. The van der Waals surface area contributed by atoms with E-state index in [1.54, 1.807) is 0 Å². The minimum atomic E-state index is -0.113. The lowest BCUT2D eigenvalue weighted by atomic mass is 9.52. The predicted octanol–water partition coefficient (Wildman–Crippen LogP) is 9.27. The molecule has 2 nitrogen and oxygen atoms in total. The van der Waals surface area contributed by atoms with E-state index in [2.05, 4.69) is 46.8 Å². The van der Waals surface area contributed by atoms with Gasteiger partial charge in [0, 0.05) is 0 Å². The second-order valence-corrected chi connectivity index (χ2v) is 14.2. The normalized spacial score (nSPS) is 33.1. The van der Waals surface area contributed by atoms with Crippen LogP contribution in [0.3, 0.4) is 0 Å². The summed E-state index contributed by atoms with van der Waals surface area (Å²) in [5, 5.41) is 21.1. The average Bonchev–Trinajstić information content (AvgIpc) is 3.12. The van der Waals surface area contributed by atoms with E-state index in [9.17, 15) is 10.2 Å². The van der Waals surface area contributed by atoms with E-state index in [4.69, 9.17) is 0 Å². The van der Waals surface area contributed by atoms with Crippen molar-refractivity contribution in [2.45, 2.75) is 137 Å². The molecule has 0 spiro atoms. The molecule has 2 N–H and O–H groups in total. The van der Waals surface area contributed by atoms with Gasteiger partial charge in [0.05, 0.1) is 6.10 Å². The number of hydrogen-bond donors (Lipinski definition) is 2. The monoisotopic (exact) mass is 496 g/mol. The van der Waals surface area contributed by atoms with Gasteiger partial charge >= 0.3 is 0 Å². The van der Waals surface area contributed by atoms with Gasteiger partial charge in [-0.2, -0.15) is 0 Å². The van der Waals surface area contributed by atoms with Crippen molar-refractivity contribution in [1.29, 1.82) is 0 Å². The number of phenols is 1. The zero-order valence-electron chi connectivity index (χ0n) is 24.1. The van der Waals surface area contributed by atoms with Gasteiger partial charge < -0.3 is 10.2 Å². The number of hydrogen-bond acceptors (Lipinski definition) is 2. The SMILES string of the molecule is CC(C)CCC[C@H](C)CCC[C@H](C)CCC[C@@H]1Cc2cc(O)ccc2C2CC[C@@]3(C)C(CC[C@@H]3O)C21. The Labute approximate surface area is 222 Å². The van der Waals surface area contributed by atoms with Gasteiger partial charge in [0.15, 0.2) is 0 Å². The zero-order chi connectivity index (χ0) is 25.9. The van der Waals surface area contributed by atoms with Crippen LogP contribution in [-0.4, -0.2) is 16.3 Å². The van der Waals surface area contributed by atoms with Crippen LogP contribution in [0.25, 0.3) is 0 Å². The Kier molecular flexibility index (Phi) is 9.51. The summed E-state index contributed by atoms with van der Waals surface area (Å²) >= 11 is 0. The van der Waals surface area contributed by atoms with Gasteiger partial charge in [-0.05, 0) is 109 Å². The van der Waals surface area contributed by atoms with E-state index in [1.807, 2.05) is 6.07 Å². The summed E-state index contributed by atoms with van der Waals surface area (Å²) in [4.78, 5) is 0. The van der Waals surface area contributed by atoms with E-state index < -0.39 is 0 Å². The highest BCUT2D eigenvalue weighted by molar-refractivity contribution is 5.40. The van der Waals surface area contributed by atoms with E-state index in [0.717, 1.165) is 37.0 Å². The predicted molar refractivity (Wildman–Crippen MR) is 152 cm³/mol. The van der Waals surface area contributed by atoms with Gasteiger partial charge in [0.2, 0.25) is 0 Å². The Bertz CT molecular complexity index is 830. The van der Waals surface area contributed by atoms with Gasteiger partial charge in [0.25, 0.3) is 0 Å². The van der Waals surface area contributed by atoms with Crippen LogP contribution in [0.2, 0.25) is 0 Å². The molecule has 4 rings (SSSR count). The molecule has 3 aliphatic rings. The fraction of sp³-hybridized carbons (Fsp3) is 0.824. The molecular weight excluding hydrogens is 440 g/mol. The summed E-state index contributed by atoms with van der Waals surface area (Å²) in [6.45, 7) is 12.0. The molecule has 0 aromatic heterocycles.